The van der Waals surface area contributed by atoms with Crippen LogP contribution in [-0.4, -0.2) is 25.7 Å². The average molecular weight is 224 g/mol. The molecule has 0 aromatic rings. The van der Waals surface area contributed by atoms with Crippen molar-refractivity contribution in [1.82, 2.24) is 10.6 Å². The van der Waals surface area contributed by atoms with Gasteiger partial charge in [-0.3, -0.25) is 0 Å². The van der Waals surface area contributed by atoms with Gasteiger partial charge in [0.15, 0.2) is 0 Å². The van der Waals surface area contributed by atoms with Crippen LogP contribution in [0.1, 0.15) is 46.0 Å². The van der Waals surface area contributed by atoms with E-state index >= 15 is 0 Å². The fourth-order valence-corrected chi connectivity index (χ4v) is 3.05. The summed E-state index contributed by atoms with van der Waals surface area (Å²) >= 11 is 0. The molecule has 0 aromatic carbocycles. The summed E-state index contributed by atoms with van der Waals surface area (Å²) in [6.45, 7) is 8.47. The van der Waals surface area contributed by atoms with Gasteiger partial charge in [0.25, 0.3) is 0 Å². The third kappa shape index (κ3) is 3.46. The van der Waals surface area contributed by atoms with Crippen molar-refractivity contribution in [2.24, 2.45) is 17.8 Å². The molecule has 2 aliphatic rings. The van der Waals surface area contributed by atoms with E-state index in [1.807, 2.05) is 0 Å². The summed E-state index contributed by atoms with van der Waals surface area (Å²) in [7, 11) is 0. The van der Waals surface area contributed by atoms with Crippen molar-refractivity contribution in [3.8, 4) is 0 Å². The molecule has 2 heteroatoms. The van der Waals surface area contributed by atoms with Gasteiger partial charge in [-0.05, 0) is 63.1 Å². The van der Waals surface area contributed by atoms with Crippen molar-refractivity contribution in [2.75, 3.05) is 19.6 Å². The number of rotatable bonds is 6. The first-order valence-electron chi connectivity index (χ1n) is 7.25. The minimum Gasteiger partial charge on any atom is -0.316 e. The van der Waals surface area contributed by atoms with Crippen LogP contribution >= 0.6 is 0 Å². The first kappa shape index (κ1) is 12.4. The van der Waals surface area contributed by atoms with Gasteiger partial charge in [-0.1, -0.05) is 20.3 Å². The molecule has 2 nitrogen and oxygen atoms in total. The molecule has 2 fully saturated rings. The monoisotopic (exact) mass is 224 g/mol. The Labute approximate surface area is 101 Å². The van der Waals surface area contributed by atoms with Crippen molar-refractivity contribution >= 4 is 0 Å². The summed E-state index contributed by atoms with van der Waals surface area (Å²) in [6, 6.07) is 0.863. The zero-order valence-electron chi connectivity index (χ0n) is 11.0. The van der Waals surface area contributed by atoms with Gasteiger partial charge < -0.3 is 10.6 Å². The molecule has 0 aromatic heterocycles. The first-order valence-corrected chi connectivity index (χ1v) is 7.25. The minimum atomic E-state index is 0.863. The molecule has 4 unspecified atom stereocenters. The van der Waals surface area contributed by atoms with Gasteiger partial charge in [0, 0.05) is 6.04 Å². The number of hydrogen-bond donors (Lipinski definition) is 2. The van der Waals surface area contributed by atoms with Crippen molar-refractivity contribution in [3.63, 3.8) is 0 Å². The predicted molar refractivity (Wildman–Crippen MR) is 69.6 cm³/mol. The summed E-state index contributed by atoms with van der Waals surface area (Å²) in [6.07, 6.45) is 6.97. The summed E-state index contributed by atoms with van der Waals surface area (Å²) in [5, 5.41) is 7.23. The Bertz CT molecular complexity index is 199. The fraction of sp³-hybridized carbons (Fsp3) is 1.00. The summed E-state index contributed by atoms with van der Waals surface area (Å²) in [5.41, 5.74) is 0. The van der Waals surface area contributed by atoms with E-state index in [9.17, 15) is 0 Å². The Balaban J connectivity index is 1.55. The maximum atomic E-state index is 3.71. The molecule has 0 radical (unpaired) electrons. The van der Waals surface area contributed by atoms with E-state index < -0.39 is 0 Å². The molecule has 0 bridgehead atoms. The van der Waals surface area contributed by atoms with E-state index in [2.05, 4.69) is 24.5 Å². The normalized spacial score (nSPS) is 36.0. The molecule has 2 N–H and O–H groups in total. The molecular formula is C14H28N2. The molecule has 1 saturated heterocycles. The Morgan fingerprint density at radius 1 is 1.44 bits per heavy atom. The molecule has 4 atom stereocenters. The molecule has 1 aliphatic heterocycles. The molecule has 1 aliphatic carbocycles. The van der Waals surface area contributed by atoms with E-state index in [-0.39, 0.29) is 0 Å². The Morgan fingerprint density at radius 2 is 2.31 bits per heavy atom. The van der Waals surface area contributed by atoms with Crippen molar-refractivity contribution < 1.29 is 0 Å². The second kappa shape index (κ2) is 6.02. The topological polar surface area (TPSA) is 24.1 Å². The van der Waals surface area contributed by atoms with Crippen LogP contribution < -0.4 is 10.6 Å². The van der Waals surface area contributed by atoms with Crippen LogP contribution in [0.2, 0.25) is 0 Å². The predicted octanol–water partition coefficient (Wildman–Crippen LogP) is 2.40. The summed E-state index contributed by atoms with van der Waals surface area (Å²) < 4.78 is 0. The lowest BCUT2D eigenvalue weighted by Crippen LogP contribution is -2.34. The van der Waals surface area contributed by atoms with E-state index in [0.717, 1.165) is 23.8 Å². The van der Waals surface area contributed by atoms with Crippen LogP contribution in [0.15, 0.2) is 0 Å². The molecule has 0 spiro atoms. The lowest BCUT2D eigenvalue weighted by molar-refractivity contribution is 0.265. The van der Waals surface area contributed by atoms with Crippen LogP contribution in [0.5, 0.6) is 0 Å². The van der Waals surface area contributed by atoms with E-state index in [1.54, 1.807) is 0 Å². The van der Waals surface area contributed by atoms with Crippen LogP contribution in [-0.2, 0) is 0 Å². The van der Waals surface area contributed by atoms with Gasteiger partial charge in [-0.2, -0.15) is 0 Å². The standard InChI is InChI=1S/C14H28N2/c1-3-12-9-14(12)16-8-6-11(2)13-5-4-7-15-10-13/h11-16H,3-10H2,1-2H3. The number of nitrogens with one attached hydrogen (secondary N) is 2. The SMILES string of the molecule is CCC1CC1NCCC(C)C1CCCNC1. The summed E-state index contributed by atoms with van der Waals surface area (Å²) in [4.78, 5) is 0. The maximum Gasteiger partial charge on any atom is 0.00990 e. The first-order chi connectivity index (χ1) is 7.81. The number of hydrogen-bond acceptors (Lipinski definition) is 2. The van der Waals surface area contributed by atoms with E-state index in [0.29, 0.717) is 0 Å². The Hall–Kier alpha value is -0.0800. The van der Waals surface area contributed by atoms with Crippen molar-refractivity contribution in [2.45, 2.75) is 52.0 Å². The molecule has 2 rings (SSSR count). The zero-order valence-corrected chi connectivity index (χ0v) is 11.0. The molecule has 94 valence electrons. The largest absolute Gasteiger partial charge is 0.316 e. The smallest absolute Gasteiger partial charge is 0.00990 e. The van der Waals surface area contributed by atoms with Gasteiger partial charge in [0.1, 0.15) is 0 Å². The molecule has 1 heterocycles. The maximum absolute atomic E-state index is 3.71. The van der Waals surface area contributed by atoms with Crippen LogP contribution in [0.4, 0.5) is 0 Å². The van der Waals surface area contributed by atoms with Crippen molar-refractivity contribution in [3.05, 3.63) is 0 Å². The minimum absolute atomic E-state index is 0.863. The van der Waals surface area contributed by atoms with Gasteiger partial charge in [-0.25, -0.2) is 0 Å². The quantitative estimate of drug-likeness (QED) is 0.724. The Kier molecular flexibility index (Phi) is 4.66. The van der Waals surface area contributed by atoms with Crippen LogP contribution in [0.3, 0.4) is 0 Å². The lowest BCUT2D eigenvalue weighted by atomic mass is 9.85. The highest BCUT2D eigenvalue weighted by atomic mass is 15.0. The van der Waals surface area contributed by atoms with E-state index in [4.69, 9.17) is 0 Å². The van der Waals surface area contributed by atoms with Gasteiger partial charge in [-0.15, -0.1) is 0 Å². The third-order valence-electron chi connectivity index (χ3n) is 4.59. The van der Waals surface area contributed by atoms with Crippen molar-refractivity contribution in [1.29, 1.82) is 0 Å². The Morgan fingerprint density at radius 3 is 2.94 bits per heavy atom. The highest BCUT2D eigenvalue weighted by Gasteiger charge is 2.34. The second-order valence-electron chi connectivity index (χ2n) is 5.84. The van der Waals surface area contributed by atoms with Crippen LogP contribution in [0.25, 0.3) is 0 Å². The second-order valence-corrected chi connectivity index (χ2v) is 5.84. The van der Waals surface area contributed by atoms with Crippen LogP contribution in [0, 0.1) is 17.8 Å². The number of piperidine rings is 1. The van der Waals surface area contributed by atoms with Gasteiger partial charge in [0.2, 0.25) is 0 Å². The fourth-order valence-electron chi connectivity index (χ4n) is 3.05. The molecule has 16 heavy (non-hydrogen) atoms. The molecule has 1 saturated carbocycles. The van der Waals surface area contributed by atoms with Gasteiger partial charge in [0.05, 0.1) is 0 Å². The molecule has 0 amide bonds. The lowest BCUT2D eigenvalue weighted by Gasteiger charge is -2.28. The zero-order chi connectivity index (χ0) is 11.4. The highest BCUT2D eigenvalue weighted by Crippen LogP contribution is 2.33. The third-order valence-corrected chi connectivity index (χ3v) is 4.59. The van der Waals surface area contributed by atoms with Gasteiger partial charge >= 0.3 is 0 Å². The average Bonchev–Trinajstić information content (AvgIpc) is 3.09. The van der Waals surface area contributed by atoms with E-state index in [1.165, 1.54) is 51.7 Å². The molecular weight excluding hydrogens is 196 g/mol. The summed E-state index contributed by atoms with van der Waals surface area (Å²) in [5.74, 6) is 2.81. The highest BCUT2D eigenvalue weighted by molar-refractivity contribution is 4.91.